The molecule has 0 aliphatic carbocycles. The fourth-order valence-electron chi connectivity index (χ4n) is 0.430. The number of nitrogens with one attached hydrogen (secondary N) is 2. The van der Waals surface area contributed by atoms with Crippen molar-refractivity contribution in [2.24, 2.45) is 0 Å². The van der Waals surface area contributed by atoms with Crippen molar-refractivity contribution >= 4 is 0 Å². The molecule has 2 rings (SSSR count). The van der Waals surface area contributed by atoms with Crippen LogP contribution in [0.2, 0.25) is 0 Å². The van der Waals surface area contributed by atoms with Gasteiger partial charge in [-0.1, -0.05) is 0 Å². The Kier molecular flexibility index (Phi) is 45.8. The Morgan fingerprint density at radius 3 is 1.13 bits per heavy atom. The fraction of sp³-hybridized carbons (Fsp3) is 0. The molecule has 9 heteroatoms. The van der Waals surface area contributed by atoms with Gasteiger partial charge in [-0.15, -0.1) is 0 Å². The SMILES string of the molecule is N.N.[Cl-].[Cl-].[Pt+2].c1c[nH]cn1.c1c[nH]cn1. The van der Waals surface area contributed by atoms with E-state index in [0.717, 1.165) is 0 Å². The maximum atomic E-state index is 3.67. The Morgan fingerprint density at radius 2 is 1.07 bits per heavy atom. The molecule has 2 heterocycles. The predicted molar refractivity (Wildman–Crippen MR) is 47.2 cm³/mol. The van der Waals surface area contributed by atoms with Crippen molar-refractivity contribution in [1.29, 1.82) is 0 Å². The number of hydrogen-bond acceptors (Lipinski definition) is 4. The van der Waals surface area contributed by atoms with E-state index in [-0.39, 0.29) is 58.2 Å². The average Bonchev–Trinajstić information content (AvgIpc) is 2.67. The summed E-state index contributed by atoms with van der Waals surface area (Å²) in [6, 6.07) is 0. The van der Waals surface area contributed by atoms with Crippen LogP contribution in [0.3, 0.4) is 0 Å². The third-order valence-corrected chi connectivity index (χ3v) is 0.812. The van der Waals surface area contributed by atoms with Crippen molar-refractivity contribution in [1.82, 2.24) is 32.2 Å². The van der Waals surface area contributed by atoms with Crippen LogP contribution < -0.4 is 37.1 Å². The van der Waals surface area contributed by atoms with Crippen LogP contribution >= 0.6 is 0 Å². The molecule has 0 saturated heterocycles. The second kappa shape index (κ2) is 23.4. The van der Waals surface area contributed by atoms with Gasteiger partial charge in [0.1, 0.15) is 0 Å². The van der Waals surface area contributed by atoms with Gasteiger partial charge in [0.05, 0.1) is 12.7 Å². The van der Waals surface area contributed by atoms with Crippen molar-refractivity contribution in [2.45, 2.75) is 0 Å². The molecule has 92 valence electrons. The summed E-state index contributed by atoms with van der Waals surface area (Å²) in [6.45, 7) is 0. The van der Waals surface area contributed by atoms with E-state index in [1.54, 1.807) is 37.4 Å². The van der Waals surface area contributed by atoms with Crippen molar-refractivity contribution < 1.29 is 45.9 Å². The number of aromatic nitrogens is 4. The molecule has 6 nitrogen and oxygen atoms in total. The number of imidazole rings is 2. The standard InChI is InChI=1S/2C3H4N2.2ClH.2H3N.Pt/c2*1-2-5-3-4-1;;;;;/h2*1-3H,(H,4,5);2*1H;2*1H3;/q;;;;;;+2/p-2. The molecule has 2 aromatic heterocycles. The molecule has 0 fully saturated rings. The molecule has 0 spiro atoms. The van der Waals surface area contributed by atoms with E-state index in [4.69, 9.17) is 0 Å². The molecule has 0 aliphatic heterocycles. The summed E-state index contributed by atoms with van der Waals surface area (Å²) in [4.78, 5) is 12.8. The first-order chi connectivity index (χ1) is 5.00. The molecule has 15 heavy (non-hydrogen) atoms. The Bertz CT molecular complexity index is 165. The van der Waals surface area contributed by atoms with Gasteiger partial charge in [0, 0.05) is 24.8 Å². The van der Waals surface area contributed by atoms with Crippen LogP contribution in [0, 0.1) is 0 Å². The van der Waals surface area contributed by atoms with Gasteiger partial charge in [0.25, 0.3) is 0 Å². The number of hydrogen-bond donors (Lipinski definition) is 4. The first-order valence-electron chi connectivity index (χ1n) is 2.85. The smallest absolute Gasteiger partial charge is 1.00 e. The summed E-state index contributed by atoms with van der Waals surface area (Å²) in [5.41, 5.74) is 0. The van der Waals surface area contributed by atoms with Gasteiger partial charge in [-0.05, 0) is 0 Å². The quantitative estimate of drug-likeness (QED) is 0.331. The van der Waals surface area contributed by atoms with Crippen LogP contribution in [0.25, 0.3) is 0 Å². The summed E-state index contributed by atoms with van der Waals surface area (Å²) < 4.78 is 0. The molecule has 0 atom stereocenters. The average molecular weight is 436 g/mol. The zero-order valence-corrected chi connectivity index (χ0v) is 11.6. The van der Waals surface area contributed by atoms with Gasteiger partial charge in [-0.2, -0.15) is 0 Å². The monoisotopic (exact) mass is 435 g/mol. The molecule has 0 radical (unpaired) electrons. The first-order valence-corrected chi connectivity index (χ1v) is 2.85. The number of halogens is 2. The van der Waals surface area contributed by atoms with Crippen LogP contribution in [0.5, 0.6) is 0 Å². The molecule has 8 N–H and O–H groups in total. The van der Waals surface area contributed by atoms with E-state index >= 15 is 0 Å². The first kappa shape index (κ1) is 29.3. The number of H-pyrrole nitrogens is 2. The Hall–Kier alpha value is -0.392. The molecule has 0 saturated carbocycles. The van der Waals surface area contributed by atoms with E-state index in [2.05, 4.69) is 19.9 Å². The number of nitrogens with zero attached hydrogens (tertiary/aromatic N) is 2. The van der Waals surface area contributed by atoms with Crippen molar-refractivity contribution in [3.8, 4) is 0 Å². The van der Waals surface area contributed by atoms with Crippen molar-refractivity contribution in [3.05, 3.63) is 37.4 Å². The second-order valence-electron chi connectivity index (χ2n) is 1.52. The van der Waals surface area contributed by atoms with Gasteiger partial charge in [0.2, 0.25) is 0 Å². The summed E-state index contributed by atoms with van der Waals surface area (Å²) in [6.07, 6.45) is 10.2. The number of rotatable bonds is 0. The molecular weight excluding hydrogens is 422 g/mol. The second-order valence-corrected chi connectivity index (χ2v) is 1.52. The third-order valence-electron chi connectivity index (χ3n) is 0.812. The van der Waals surface area contributed by atoms with E-state index in [1.165, 1.54) is 0 Å². The molecule has 0 aliphatic rings. The summed E-state index contributed by atoms with van der Waals surface area (Å²) >= 11 is 0. The molecule has 2 aromatic rings. The molecule has 0 amide bonds. The largest absolute Gasteiger partial charge is 2.00 e. The summed E-state index contributed by atoms with van der Waals surface area (Å²) in [5.74, 6) is 0. The van der Waals surface area contributed by atoms with Crippen LogP contribution in [0.15, 0.2) is 37.4 Å². The summed E-state index contributed by atoms with van der Waals surface area (Å²) in [5, 5.41) is 0. The van der Waals surface area contributed by atoms with Crippen LogP contribution in [0.1, 0.15) is 0 Å². The fourth-order valence-corrected chi connectivity index (χ4v) is 0.430. The summed E-state index contributed by atoms with van der Waals surface area (Å²) in [7, 11) is 0. The van der Waals surface area contributed by atoms with E-state index in [0.29, 0.717) is 0 Å². The van der Waals surface area contributed by atoms with Gasteiger partial charge in [-0.25, -0.2) is 9.97 Å². The molecule has 0 unspecified atom stereocenters. The van der Waals surface area contributed by atoms with Crippen molar-refractivity contribution in [2.75, 3.05) is 0 Å². The van der Waals surface area contributed by atoms with E-state index in [1.807, 2.05) is 0 Å². The molecule has 0 aromatic carbocycles. The minimum Gasteiger partial charge on any atom is -1.00 e. The van der Waals surface area contributed by atoms with Crippen molar-refractivity contribution in [3.63, 3.8) is 0 Å². The van der Waals surface area contributed by atoms with Crippen LogP contribution in [0.4, 0.5) is 0 Å². The van der Waals surface area contributed by atoms with E-state index < -0.39 is 0 Å². The van der Waals surface area contributed by atoms with Gasteiger partial charge >= 0.3 is 21.1 Å². The predicted octanol–water partition coefficient (Wildman–Crippen LogP) is -4.85. The maximum absolute atomic E-state index is 3.67. The van der Waals surface area contributed by atoms with Crippen LogP contribution in [-0.2, 0) is 21.1 Å². The Morgan fingerprint density at radius 1 is 0.733 bits per heavy atom. The van der Waals surface area contributed by atoms with Gasteiger partial charge in [-0.3, -0.25) is 0 Å². The topological polar surface area (TPSA) is 127 Å². The zero-order valence-electron chi connectivity index (χ0n) is 7.84. The maximum Gasteiger partial charge on any atom is 2.00 e. The molecule has 0 bridgehead atoms. The van der Waals surface area contributed by atoms with Crippen LogP contribution in [-0.4, -0.2) is 19.9 Å². The molecular formula is C6H14Cl2N6Pt. The van der Waals surface area contributed by atoms with E-state index in [9.17, 15) is 0 Å². The van der Waals surface area contributed by atoms with Gasteiger partial charge in [0.15, 0.2) is 0 Å². The minimum atomic E-state index is 0. The van der Waals surface area contributed by atoms with Gasteiger partial charge < -0.3 is 47.1 Å². The zero-order chi connectivity index (χ0) is 7.07. The third kappa shape index (κ3) is 19.9. The minimum absolute atomic E-state index is 0. The normalized spacial score (nSPS) is 5.33. The Labute approximate surface area is 115 Å². The number of aromatic amines is 2. The Balaban J connectivity index is -0.0000000333.